The van der Waals surface area contributed by atoms with Crippen LogP contribution in [0.15, 0.2) is 0 Å². The third-order valence-corrected chi connectivity index (χ3v) is 3.51. The van der Waals surface area contributed by atoms with Crippen LogP contribution in [0.1, 0.15) is 33.1 Å². The van der Waals surface area contributed by atoms with Gasteiger partial charge in [0.25, 0.3) is 0 Å². The maximum Gasteiger partial charge on any atom is 0.237 e. The zero-order chi connectivity index (χ0) is 15.1. The number of nitrogens with one attached hydrogen (secondary N) is 2. The van der Waals surface area contributed by atoms with Crippen LogP contribution in [0.2, 0.25) is 0 Å². The second-order valence-electron chi connectivity index (χ2n) is 5.00. The molecule has 0 spiro atoms. The average molecular weight is 284 g/mol. The van der Waals surface area contributed by atoms with E-state index in [2.05, 4.69) is 10.6 Å². The summed E-state index contributed by atoms with van der Waals surface area (Å²) in [7, 11) is 0. The van der Waals surface area contributed by atoms with Gasteiger partial charge in [0.2, 0.25) is 17.7 Å². The fraction of sp³-hybridized carbons (Fsp3) is 0.769. The average Bonchev–Trinajstić information content (AvgIpc) is 2.83. The molecule has 2 atom stereocenters. The first-order valence-electron chi connectivity index (χ1n) is 7.04. The second kappa shape index (κ2) is 7.84. The van der Waals surface area contributed by atoms with Crippen LogP contribution in [0.4, 0.5) is 0 Å². The molecule has 1 saturated heterocycles. The Morgan fingerprint density at radius 2 is 1.95 bits per heavy atom. The van der Waals surface area contributed by atoms with E-state index < -0.39 is 0 Å². The molecule has 1 aliphatic rings. The fourth-order valence-electron chi connectivity index (χ4n) is 2.58. The quantitative estimate of drug-likeness (QED) is 0.520. The van der Waals surface area contributed by atoms with Crippen LogP contribution in [-0.2, 0) is 14.4 Å². The molecule has 0 radical (unpaired) electrons. The van der Waals surface area contributed by atoms with Crippen molar-refractivity contribution in [2.24, 2.45) is 5.73 Å². The topological polar surface area (TPSA) is 105 Å². The van der Waals surface area contributed by atoms with Gasteiger partial charge in [-0.2, -0.15) is 0 Å². The number of amides is 3. The highest BCUT2D eigenvalue weighted by molar-refractivity contribution is 5.85. The Kier molecular flexibility index (Phi) is 6.44. The Morgan fingerprint density at radius 3 is 2.50 bits per heavy atom. The summed E-state index contributed by atoms with van der Waals surface area (Å²) in [5.74, 6) is -0.612. The van der Waals surface area contributed by atoms with Crippen LogP contribution >= 0.6 is 0 Å². The Balaban J connectivity index is 2.49. The van der Waals surface area contributed by atoms with Crippen molar-refractivity contribution >= 4 is 17.7 Å². The monoisotopic (exact) mass is 284 g/mol. The number of likely N-dealkylation sites (tertiary alicyclic amines) is 1. The molecule has 0 saturated carbocycles. The summed E-state index contributed by atoms with van der Waals surface area (Å²) < 4.78 is 0. The first-order valence-corrected chi connectivity index (χ1v) is 7.04. The molecule has 0 aromatic rings. The second-order valence-corrected chi connectivity index (χ2v) is 5.00. The first-order chi connectivity index (χ1) is 9.47. The van der Waals surface area contributed by atoms with Crippen molar-refractivity contribution in [2.75, 3.05) is 19.6 Å². The number of nitrogens with zero attached hydrogens (tertiary/aromatic N) is 1. The van der Waals surface area contributed by atoms with Crippen LogP contribution in [0, 0.1) is 0 Å². The summed E-state index contributed by atoms with van der Waals surface area (Å²) in [5, 5.41) is 5.39. The number of rotatable bonds is 7. The summed E-state index contributed by atoms with van der Waals surface area (Å²) in [4.78, 5) is 36.1. The van der Waals surface area contributed by atoms with E-state index in [0.29, 0.717) is 26.1 Å². The molecule has 1 fully saturated rings. The molecule has 114 valence electrons. The minimum atomic E-state index is -0.386. The summed E-state index contributed by atoms with van der Waals surface area (Å²) in [6, 6.07) is -0.687. The summed E-state index contributed by atoms with van der Waals surface area (Å²) in [5.41, 5.74) is 5.38. The molecule has 3 amide bonds. The van der Waals surface area contributed by atoms with Crippen LogP contribution in [-0.4, -0.2) is 54.3 Å². The van der Waals surface area contributed by atoms with Gasteiger partial charge in [-0.25, -0.2) is 0 Å². The van der Waals surface area contributed by atoms with Gasteiger partial charge in [-0.15, -0.1) is 0 Å². The van der Waals surface area contributed by atoms with Crippen molar-refractivity contribution in [2.45, 2.75) is 45.2 Å². The van der Waals surface area contributed by atoms with Gasteiger partial charge in [0.1, 0.15) is 0 Å². The number of primary amides is 1. The molecule has 1 heterocycles. The van der Waals surface area contributed by atoms with Crippen molar-refractivity contribution < 1.29 is 14.4 Å². The van der Waals surface area contributed by atoms with E-state index in [0.717, 1.165) is 12.8 Å². The summed E-state index contributed by atoms with van der Waals surface area (Å²) in [6.45, 7) is 4.82. The van der Waals surface area contributed by atoms with Crippen molar-refractivity contribution in [1.82, 2.24) is 15.5 Å². The Bertz CT molecular complexity index is 373. The van der Waals surface area contributed by atoms with Crippen LogP contribution < -0.4 is 16.4 Å². The third kappa shape index (κ3) is 4.48. The molecule has 0 bridgehead atoms. The van der Waals surface area contributed by atoms with Crippen molar-refractivity contribution in [3.63, 3.8) is 0 Å². The lowest BCUT2D eigenvalue weighted by molar-refractivity contribution is -0.130. The maximum absolute atomic E-state index is 12.1. The highest BCUT2D eigenvalue weighted by Gasteiger charge is 2.36. The van der Waals surface area contributed by atoms with Gasteiger partial charge in [0.15, 0.2) is 0 Å². The van der Waals surface area contributed by atoms with Crippen LogP contribution in [0.3, 0.4) is 0 Å². The molecule has 1 aliphatic heterocycles. The Labute approximate surface area is 119 Å². The lowest BCUT2D eigenvalue weighted by Gasteiger charge is -2.29. The number of carbonyl (C=O) groups excluding carboxylic acids is 3. The van der Waals surface area contributed by atoms with E-state index in [1.165, 1.54) is 6.92 Å². The predicted molar refractivity (Wildman–Crippen MR) is 74.7 cm³/mol. The van der Waals surface area contributed by atoms with Gasteiger partial charge >= 0.3 is 0 Å². The van der Waals surface area contributed by atoms with Crippen molar-refractivity contribution in [1.29, 1.82) is 0 Å². The maximum atomic E-state index is 12.1. The molecule has 7 heteroatoms. The number of carbonyl (C=O) groups is 3. The van der Waals surface area contributed by atoms with E-state index in [-0.39, 0.29) is 29.8 Å². The lowest BCUT2D eigenvalue weighted by atomic mass is 10.1. The minimum Gasteiger partial charge on any atom is -0.368 e. The molecule has 1 rings (SSSR count). The molecule has 0 aliphatic carbocycles. The van der Waals surface area contributed by atoms with E-state index in [1.807, 2.05) is 11.8 Å². The van der Waals surface area contributed by atoms with Crippen LogP contribution in [0.25, 0.3) is 0 Å². The molecule has 0 aromatic carbocycles. The van der Waals surface area contributed by atoms with E-state index in [9.17, 15) is 14.4 Å². The van der Waals surface area contributed by atoms with Gasteiger partial charge in [-0.05, 0) is 25.8 Å². The van der Waals surface area contributed by atoms with Gasteiger partial charge in [-0.1, -0.05) is 6.92 Å². The van der Waals surface area contributed by atoms with Crippen molar-refractivity contribution in [3.05, 3.63) is 0 Å². The van der Waals surface area contributed by atoms with Gasteiger partial charge in [-0.3, -0.25) is 19.3 Å². The summed E-state index contributed by atoms with van der Waals surface area (Å²) >= 11 is 0. The van der Waals surface area contributed by atoms with E-state index >= 15 is 0 Å². The largest absolute Gasteiger partial charge is 0.368 e. The normalized spacial score (nSPS) is 20.4. The number of nitrogens with two attached hydrogens (primary N) is 1. The molecular weight excluding hydrogens is 260 g/mol. The number of hydrogen-bond donors (Lipinski definition) is 3. The standard InChI is InChI=1S/C13H24N4O3/c1-3-10(12(14)19)17-8-4-5-11(17)13(20)16-7-6-15-9(2)18/h10-11H,3-8H2,1-2H3,(H2,14,19)(H,15,18)(H,16,20)/t10-,11?/m0/s1. The van der Waals surface area contributed by atoms with Crippen molar-refractivity contribution in [3.8, 4) is 0 Å². The molecule has 4 N–H and O–H groups in total. The highest BCUT2D eigenvalue weighted by Crippen LogP contribution is 2.21. The minimum absolute atomic E-state index is 0.104. The zero-order valence-electron chi connectivity index (χ0n) is 12.1. The molecule has 7 nitrogen and oxygen atoms in total. The van der Waals surface area contributed by atoms with Gasteiger partial charge in [0.05, 0.1) is 12.1 Å². The third-order valence-electron chi connectivity index (χ3n) is 3.51. The van der Waals surface area contributed by atoms with Gasteiger partial charge in [0, 0.05) is 20.0 Å². The summed E-state index contributed by atoms with van der Waals surface area (Å²) in [6.07, 6.45) is 2.22. The van der Waals surface area contributed by atoms with E-state index in [1.54, 1.807) is 0 Å². The molecule has 0 aromatic heterocycles. The molecular formula is C13H24N4O3. The first kappa shape index (κ1) is 16.4. The van der Waals surface area contributed by atoms with Gasteiger partial charge < -0.3 is 16.4 Å². The smallest absolute Gasteiger partial charge is 0.237 e. The molecule has 1 unspecified atom stereocenters. The number of hydrogen-bond acceptors (Lipinski definition) is 4. The zero-order valence-corrected chi connectivity index (χ0v) is 12.1. The lowest BCUT2D eigenvalue weighted by Crippen LogP contribution is -2.52. The van der Waals surface area contributed by atoms with Crippen LogP contribution in [0.5, 0.6) is 0 Å². The fourth-order valence-corrected chi connectivity index (χ4v) is 2.58. The molecule has 20 heavy (non-hydrogen) atoms. The Morgan fingerprint density at radius 1 is 1.30 bits per heavy atom. The SMILES string of the molecule is CC[C@@H](C(N)=O)N1CCCC1C(=O)NCCNC(C)=O. The predicted octanol–water partition coefficient (Wildman–Crippen LogP) is -1.03. The Hall–Kier alpha value is -1.63. The van der Waals surface area contributed by atoms with E-state index in [4.69, 9.17) is 5.73 Å². The highest BCUT2D eigenvalue weighted by atomic mass is 16.2.